The molecule has 0 saturated heterocycles. The molecule has 0 bridgehead atoms. The van der Waals surface area contributed by atoms with Crippen LogP contribution in [0.1, 0.15) is 16.1 Å². The zero-order valence-corrected chi connectivity index (χ0v) is 21.1. The van der Waals surface area contributed by atoms with E-state index in [1.165, 1.54) is 12.1 Å². The number of fused-ring (bicyclic) bond motifs is 1. The van der Waals surface area contributed by atoms with Gasteiger partial charge in [-0.25, -0.2) is 9.82 Å². The van der Waals surface area contributed by atoms with Crippen LogP contribution in [-0.2, 0) is 7.05 Å². The first-order chi connectivity index (χ1) is 18.8. The number of aromatic amines is 1. The average molecular weight is 527 g/mol. The summed E-state index contributed by atoms with van der Waals surface area (Å²) in [6.07, 6.45) is 3.71. The maximum absolute atomic E-state index is 14.0. The van der Waals surface area contributed by atoms with Crippen LogP contribution in [0.5, 0.6) is 11.5 Å². The molecule has 39 heavy (non-hydrogen) atoms. The first-order valence-corrected chi connectivity index (χ1v) is 12.2. The first kappa shape index (κ1) is 24.4. The summed E-state index contributed by atoms with van der Waals surface area (Å²) >= 11 is 0. The van der Waals surface area contributed by atoms with Gasteiger partial charge < -0.3 is 15.5 Å². The standard InChI is InChI=1S/C29H24F2N6O2/c1-16-11-18(39-26-8-4-6-22(30)27(26)31)9-10-25(16)37-29(32)21(14-34-37)28(38)24-12-20-19(5-3-7-23(20)35-24)17-13-33-36(2)15-17/h3-13,15,34-35H,14,32H2,1-2H3. The van der Waals surface area contributed by atoms with Gasteiger partial charge in [-0.15, -0.1) is 0 Å². The number of benzene rings is 3. The summed E-state index contributed by atoms with van der Waals surface area (Å²) in [5.41, 5.74) is 14.7. The van der Waals surface area contributed by atoms with Crippen LogP contribution in [0.15, 0.2) is 84.5 Å². The third-order valence-electron chi connectivity index (χ3n) is 6.72. The summed E-state index contributed by atoms with van der Waals surface area (Å²) in [6, 6.07) is 16.5. The number of nitrogens with one attached hydrogen (secondary N) is 2. The lowest BCUT2D eigenvalue weighted by atomic mass is 10.0. The fourth-order valence-corrected chi connectivity index (χ4v) is 4.76. The summed E-state index contributed by atoms with van der Waals surface area (Å²) in [5, 5.41) is 6.81. The Morgan fingerprint density at radius 2 is 1.92 bits per heavy atom. The molecular weight excluding hydrogens is 502 g/mol. The van der Waals surface area contributed by atoms with Crippen molar-refractivity contribution in [2.24, 2.45) is 12.8 Å². The fraction of sp³-hybridized carbons (Fsp3) is 0.103. The third kappa shape index (κ3) is 4.30. The van der Waals surface area contributed by atoms with Gasteiger partial charge in [0.1, 0.15) is 11.6 Å². The van der Waals surface area contributed by atoms with E-state index in [1.54, 1.807) is 34.1 Å². The highest BCUT2D eigenvalue weighted by atomic mass is 19.2. The van der Waals surface area contributed by atoms with E-state index < -0.39 is 11.6 Å². The number of aromatic nitrogens is 3. The Hall–Kier alpha value is -4.96. The Bertz CT molecular complexity index is 1790. The van der Waals surface area contributed by atoms with Gasteiger partial charge in [-0.05, 0) is 60.5 Å². The number of ether oxygens (including phenoxy) is 1. The van der Waals surface area contributed by atoms with Gasteiger partial charge in [0, 0.05) is 36.3 Å². The van der Waals surface area contributed by atoms with E-state index in [4.69, 9.17) is 10.5 Å². The van der Waals surface area contributed by atoms with Gasteiger partial charge in [0.2, 0.25) is 11.6 Å². The van der Waals surface area contributed by atoms with Crippen molar-refractivity contribution in [1.29, 1.82) is 0 Å². The van der Waals surface area contributed by atoms with Crippen LogP contribution in [0.4, 0.5) is 14.5 Å². The number of anilines is 1. The highest BCUT2D eigenvalue weighted by Gasteiger charge is 2.29. The minimum absolute atomic E-state index is 0.209. The molecule has 0 fully saturated rings. The van der Waals surface area contributed by atoms with Crippen molar-refractivity contribution < 1.29 is 18.3 Å². The highest BCUT2D eigenvalue weighted by Crippen LogP contribution is 2.33. The van der Waals surface area contributed by atoms with Crippen LogP contribution < -0.4 is 20.9 Å². The molecule has 0 saturated carbocycles. The smallest absolute Gasteiger partial charge is 0.210 e. The maximum Gasteiger partial charge on any atom is 0.210 e. The number of H-pyrrole nitrogens is 1. The van der Waals surface area contributed by atoms with Gasteiger partial charge in [0.25, 0.3) is 0 Å². The number of ketones is 1. The molecule has 5 aromatic rings. The van der Waals surface area contributed by atoms with Gasteiger partial charge in [-0.2, -0.15) is 9.49 Å². The molecule has 3 aromatic carbocycles. The lowest BCUT2D eigenvalue weighted by molar-refractivity contribution is 0.102. The van der Waals surface area contributed by atoms with Crippen LogP contribution in [-0.4, -0.2) is 27.1 Å². The topological polar surface area (TPSA) is 101 Å². The number of halogens is 2. The fourth-order valence-electron chi connectivity index (χ4n) is 4.76. The molecule has 8 nitrogen and oxygen atoms in total. The minimum atomic E-state index is -1.06. The van der Waals surface area contributed by atoms with E-state index in [1.807, 2.05) is 44.4 Å². The molecule has 1 aliphatic rings. The van der Waals surface area contributed by atoms with Crippen LogP contribution in [0.3, 0.4) is 0 Å². The van der Waals surface area contributed by atoms with Crippen LogP contribution >= 0.6 is 0 Å². The van der Waals surface area contributed by atoms with Crippen LogP contribution in [0.2, 0.25) is 0 Å². The summed E-state index contributed by atoms with van der Waals surface area (Å²) < 4.78 is 34.8. The van der Waals surface area contributed by atoms with Crippen molar-refractivity contribution in [3.63, 3.8) is 0 Å². The number of carbonyl (C=O) groups is 1. The number of Topliss-reactive ketones (excluding diaryl/α,β-unsaturated/α-hetero) is 1. The lowest BCUT2D eigenvalue weighted by Gasteiger charge is -2.22. The highest BCUT2D eigenvalue weighted by molar-refractivity contribution is 6.12. The molecule has 0 aliphatic carbocycles. The molecule has 3 heterocycles. The SMILES string of the molecule is Cc1cc(Oc2cccc(F)c2F)ccc1N1NCC(C(=O)c2cc3c(-c4cnn(C)c4)cccc3[nH]2)=C1N. The number of hydrogen-bond donors (Lipinski definition) is 3. The Kier molecular flexibility index (Phi) is 5.88. The van der Waals surface area contributed by atoms with Crippen molar-refractivity contribution in [2.75, 3.05) is 11.6 Å². The second-order valence-electron chi connectivity index (χ2n) is 9.32. The quantitative estimate of drug-likeness (QED) is 0.259. The zero-order valence-electron chi connectivity index (χ0n) is 21.1. The molecule has 10 heteroatoms. The van der Waals surface area contributed by atoms with E-state index in [0.29, 0.717) is 22.7 Å². The number of nitrogens with two attached hydrogens (primary N) is 1. The van der Waals surface area contributed by atoms with E-state index in [9.17, 15) is 13.6 Å². The van der Waals surface area contributed by atoms with Gasteiger partial charge >= 0.3 is 0 Å². The van der Waals surface area contributed by atoms with E-state index in [0.717, 1.165) is 33.7 Å². The third-order valence-corrected chi connectivity index (χ3v) is 6.72. The van der Waals surface area contributed by atoms with Gasteiger partial charge in [-0.3, -0.25) is 14.5 Å². The lowest BCUT2D eigenvalue weighted by Crippen LogP contribution is -2.35. The van der Waals surface area contributed by atoms with Crippen molar-refractivity contribution in [2.45, 2.75) is 6.92 Å². The van der Waals surface area contributed by atoms with E-state index in [-0.39, 0.29) is 23.9 Å². The molecule has 1 aliphatic heterocycles. The molecule has 2 aromatic heterocycles. The van der Waals surface area contributed by atoms with Gasteiger partial charge in [0.05, 0.1) is 23.2 Å². The summed E-state index contributed by atoms with van der Waals surface area (Å²) in [4.78, 5) is 16.7. The van der Waals surface area contributed by atoms with E-state index in [2.05, 4.69) is 15.5 Å². The van der Waals surface area contributed by atoms with Gasteiger partial charge in [0.15, 0.2) is 11.6 Å². The number of hydrazine groups is 1. The number of rotatable bonds is 6. The predicted octanol–water partition coefficient (Wildman–Crippen LogP) is 5.33. The number of aryl methyl sites for hydroxylation is 2. The molecule has 0 spiro atoms. The van der Waals surface area contributed by atoms with E-state index >= 15 is 0 Å². The molecule has 4 N–H and O–H groups in total. The average Bonchev–Trinajstić information content (AvgIpc) is 3.65. The molecule has 0 amide bonds. The zero-order chi connectivity index (χ0) is 27.3. The van der Waals surface area contributed by atoms with Crippen LogP contribution in [0, 0.1) is 18.6 Å². The van der Waals surface area contributed by atoms with Gasteiger partial charge in [-0.1, -0.05) is 18.2 Å². The van der Waals surface area contributed by atoms with Crippen molar-refractivity contribution >= 4 is 22.4 Å². The molecule has 0 unspecified atom stereocenters. The second kappa shape index (κ2) is 9.41. The molecule has 6 rings (SSSR count). The molecule has 196 valence electrons. The first-order valence-electron chi connectivity index (χ1n) is 12.2. The summed E-state index contributed by atoms with van der Waals surface area (Å²) in [7, 11) is 1.86. The predicted molar refractivity (Wildman–Crippen MR) is 144 cm³/mol. The normalized spacial score (nSPS) is 13.5. The summed E-state index contributed by atoms with van der Waals surface area (Å²) in [6.45, 7) is 2.07. The Balaban J connectivity index is 1.27. The van der Waals surface area contributed by atoms with Crippen molar-refractivity contribution in [1.82, 2.24) is 20.2 Å². The minimum Gasteiger partial charge on any atom is -0.454 e. The Labute approximate surface area is 222 Å². The Morgan fingerprint density at radius 1 is 1.10 bits per heavy atom. The van der Waals surface area contributed by atoms with Crippen molar-refractivity contribution in [3.05, 3.63) is 107 Å². The number of carbonyl (C=O) groups excluding carboxylic acids is 1. The molecule has 0 radical (unpaired) electrons. The monoisotopic (exact) mass is 526 g/mol. The van der Waals surface area contributed by atoms with Crippen LogP contribution in [0.25, 0.3) is 22.0 Å². The number of hydrogen-bond acceptors (Lipinski definition) is 6. The Morgan fingerprint density at radius 3 is 2.69 bits per heavy atom. The number of nitrogens with zero attached hydrogens (tertiary/aromatic N) is 3. The molecule has 0 atom stereocenters. The van der Waals surface area contributed by atoms with Crippen molar-refractivity contribution in [3.8, 4) is 22.6 Å². The maximum atomic E-state index is 14.0. The second-order valence-corrected chi connectivity index (χ2v) is 9.32. The molecular formula is C29H24F2N6O2. The largest absolute Gasteiger partial charge is 0.454 e. The summed E-state index contributed by atoms with van der Waals surface area (Å²) in [5.74, 6) is -1.85.